The van der Waals surface area contributed by atoms with Crippen LogP contribution in [0, 0.1) is 5.92 Å². The van der Waals surface area contributed by atoms with Crippen LogP contribution in [0.4, 0.5) is 0 Å². The van der Waals surface area contributed by atoms with Crippen molar-refractivity contribution in [2.24, 2.45) is 5.92 Å². The number of sulfonamides is 1. The maximum atomic E-state index is 12.2. The van der Waals surface area contributed by atoms with E-state index >= 15 is 0 Å². The molecule has 2 atom stereocenters. The van der Waals surface area contributed by atoms with E-state index in [1.165, 1.54) is 0 Å². The highest BCUT2D eigenvalue weighted by molar-refractivity contribution is 7.89. The van der Waals surface area contributed by atoms with Crippen molar-refractivity contribution >= 4 is 10.0 Å². The number of hydrogen-bond donors (Lipinski definition) is 2. The average molecular weight is 292 g/mol. The molecule has 5 nitrogen and oxygen atoms in total. The molecule has 0 amide bonds. The smallest absolute Gasteiger partial charge is 0.213 e. The fourth-order valence-corrected chi connectivity index (χ4v) is 3.93. The second-order valence-electron chi connectivity index (χ2n) is 5.56. The summed E-state index contributed by atoms with van der Waals surface area (Å²) in [6.07, 6.45) is 3.20. The van der Waals surface area contributed by atoms with Crippen LogP contribution >= 0.6 is 0 Å². The number of piperidine rings is 1. The minimum absolute atomic E-state index is 0.0890. The summed E-state index contributed by atoms with van der Waals surface area (Å²) in [5.41, 5.74) is 0. The van der Waals surface area contributed by atoms with Crippen molar-refractivity contribution in [2.45, 2.75) is 52.1 Å². The van der Waals surface area contributed by atoms with Gasteiger partial charge in [0, 0.05) is 18.7 Å². The maximum Gasteiger partial charge on any atom is 0.213 e. The van der Waals surface area contributed by atoms with Crippen LogP contribution in [0.5, 0.6) is 0 Å². The molecular formula is C13H28N2O3S. The van der Waals surface area contributed by atoms with Crippen molar-refractivity contribution in [3.63, 3.8) is 0 Å². The van der Waals surface area contributed by atoms with E-state index in [9.17, 15) is 8.42 Å². The van der Waals surface area contributed by atoms with Crippen molar-refractivity contribution < 1.29 is 13.2 Å². The van der Waals surface area contributed by atoms with Crippen LogP contribution in [0.15, 0.2) is 0 Å². The number of ether oxygens (including phenoxy) is 1. The molecule has 2 unspecified atom stereocenters. The van der Waals surface area contributed by atoms with Gasteiger partial charge in [-0.15, -0.1) is 0 Å². The van der Waals surface area contributed by atoms with Gasteiger partial charge in [-0.25, -0.2) is 13.1 Å². The summed E-state index contributed by atoms with van der Waals surface area (Å²) in [6, 6.07) is -0.0558. The normalized spacial score (nSPS) is 22.6. The summed E-state index contributed by atoms with van der Waals surface area (Å²) in [6.45, 7) is 7.89. The third-order valence-corrected chi connectivity index (χ3v) is 4.97. The van der Waals surface area contributed by atoms with E-state index in [0.717, 1.165) is 25.8 Å². The first-order valence-electron chi connectivity index (χ1n) is 7.25. The summed E-state index contributed by atoms with van der Waals surface area (Å²) in [7, 11) is -3.25. The van der Waals surface area contributed by atoms with Gasteiger partial charge >= 0.3 is 0 Å². The van der Waals surface area contributed by atoms with Crippen LogP contribution in [-0.4, -0.2) is 46.0 Å². The highest BCUT2D eigenvalue weighted by Crippen LogP contribution is 2.10. The van der Waals surface area contributed by atoms with Gasteiger partial charge in [-0.05, 0) is 32.2 Å². The Labute approximate surface area is 117 Å². The van der Waals surface area contributed by atoms with Gasteiger partial charge < -0.3 is 10.1 Å². The first kappa shape index (κ1) is 16.9. The number of hydrogen-bond acceptors (Lipinski definition) is 4. The SMILES string of the molecule is CCOCC(NS(=O)(=O)CC1CCCCN1)C(C)C. The van der Waals surface area contributed by atoms with Crippen LogP contribution in [0.3, 0.4) is 0 Å². The summed E-state index contributed by atoms with van der Waals surface area (Å²) in [5.74, 6) is 0.392. The standard InChI is InChI=1S/C13H28N2O3S/c1-4-18-9-13(11(2)3)15-19(16,17)10-12-7-5-6-8-14-12/h11-15H,4-10H2,1-3H3. The quantitative estimate of drug-likeness (QED) is 0.703. The molecule has 0 bridgehead atoms. The molecule has 0 radical (unpaired) electrons. The van der Waals surface area contributed by atoms with Gasteiger partial charge in [0.05, 0.1) is 12.4 Å². The molecule has 0 aromatic heterocycles. The van der Waals surface area contributed by atoms with E-state index in [0.29, 0.717) is 13.2 Å². The molecule has 19 heavy (non-hydrogen) atoms. The van der Waals surface area contributed by atoms with Gasteiger partial charge in [0.25, 0.3) is 0 Å². The van der Waals surface area contributed by atoms with E-state index in [-0.39, 0.29) is 23.8 Å². The molecule has 0 aliphatic carbocycles. The minimum Gasteiger partial charge on any atom is -0.380 e. The van der Waals surface area contributed by atoms with E-state index in [2.05, 4.69) is 10.0 Å². The first-order valence-corrected chi connectivity index (χ1v) is 8.91. The van der Waals surface area contributed by atoms with Crippen LogP contribution in [0.25, 0.3) is 0 Å². The molecule has 1 saturated heterocycles. The highest BCUT2D eigenvalue weighted by atomic mass is 32.2. The lowest BCUT2D eigenvalue weighted by Crippen LogP contribution is -2.47. The zero-order valence-corrected chi connectivity index (χ0v) is 13.1. The van der Waals surface area contributed by atoms with Crippen molar-refractivity contribution in [3.05, 3.63) is 0 Å². The van der Waals surface area contributed by atoms with E-state index in [1.54, 1.807) is 0 Å². The summed E-state index contributed by atoms with van der Waals surface area (Å²) >= 11 is 0. The second-order valence-corrected chi connectivity index (χ2v) is 7.35. The Kier molecular flexibility index (Phi) is 7.28. The van der Waals surface area contributed by atoms with E-state index in [1.807, 2.05) is 20.8 Å². The number of rotatable bonds is 8. The Morgan fingerprint density at radius 2 is 2.11 bits per heavy atom. The van der Waals surface area contributed by atoms with Crippen molar-refractivity contribution in [2.75, 3.05) is 25.5 Å². The van der Waals surface area contributed by atoms with Crippen molar-refractivity contribution in [3.8, 4) is 0 Å². The van der Waals surface area contributed by atoms with Crippen molar-refractivity contribution in [1.29, 1.82) is 0 Å². The monoisotopic (exact) mass is 292 g/mol. The van der Waals surface area contributed by atoms with Gasteiger partial charge in [-0.1, -0.05) is 20.3 Å². The molecule has 2 N–H and O–H groups in total. The molecule has 114 valence electrons. The molecule has 1 rings (SSSR count). The first-order chi connectivity index (χ1) is 8.94. The van der Waals surface area contributed by atoms with Crippen LogP contribution in [0.1, 0.15) is 40.0 Å². The number of nitrogens with one attached hydrogen (secondary N) is 2. The Morgan fingerprint density at radius 1 is 1.37 bits per heavy atom. The Hall–Kier alpha value is -0.170. The third kappa shape index (κ3) is 6.70. The predicted molar refractivity (Wildman–Crippen MR) is 77.7 cm³/mol. The van der Waals surface area contributed by atoms with Crippen LogP contribution in [-0.2, 0) is 14.8 Å². The van der Waals surface area contributed by atoms with Gasteiger partial charge in [0.2, 0.25) is 10.0 Å². The van der Waals surface area contributed by atoms with Gasteiger partial charge in [0.1, 0.15) is 0 Å². The summed E-state index contributed by atoms with van der Waals surface area (Å²) in [4.78, 5) is 0. The van der Waals surface area contributed by atoms with Gasteiger partial charge in [-0.3, -0.25) is 0 Å². The topological polar surface area (TPSA) is 67.4 Å². The predicted octanol–water partition coefficient (Wildman–Crippen LogP) is 1.11. The zero-order valence-electron chi connectivity index (χ0n) is 12.3. The van der Waals surface area contributed by atoms with Gasteiger partial charge in [-0.2, -0.15) is 0 Å². The van der Waals surface area contributed by atoms with Crippen molar-refractivity contribution in [1.82, 2.24) is 10.0 Å². The summed E-state index contributed by atoms with van der Waals surface area (Å²) < 4.78 is 32.5. The molecule has 1 aliphatic rings. The lowest BCUT2D eigenvalue weighted by atomic mass is 10.1. The average Bonchev–Trinajstić information content (AvgIpc) is 2.34. The second kappa shape index (κ2) is 8.19. The molecule has 0 spiro atoms. The minimum atomic E-state index is -3.25. The highest BCUT2D eigenvalue weighted by Gasteiger charge is 2.25. The lowest BCUT2D eigenvalue weighted by molar-refractivity contribution is 0.116. The molecule has 0 saturated carbocycles. The fraction of sp³-hybridized carbons (Fsp3) is 1.00. The van der Waals surface area contributed by atoms with E-state index < -0.39 is 10.0 Å². The fourth-order valence-electron chi connectivity index (χ4n) is 2.22. The zero-order chi connectivity index (χ0) is 14.3. The molecule has 6 heteroatoms. The van der Waals surface area contributed by atoms with E-state index in [4.69, 9.17) is 4.74 Å². The Morgan fingerprint density at radius 3 is 2.63 bits per heavy atom. The molecule has 1 fully saturated rings. The molecular weight excluding hydrogens is 264 g/mol. The molecule has 0 aromatic carbocycles. The molecule has 1 heterocycles. The van der Waals surface area contributed by atoms with Crippen LogP contribution in [0.2, 0.25) is 0 Å². The third-order valence-electron chi connectivity index (χ3n) is 3.47. The van der Waals surface area contributed by atoms with Gasteiger partial charge in [0.15, 0.2) is 0 Å². The maximum absolute atomic E-state index is 12.2. The largest absolute Gasteiger partial charge is 0.380 e. The molecule has 0 aromatic rings. The Bertz CT molecular complexity index is 338. The summed E-state index contributed by atoms with van der Waals surface area (Å²) in [5, 5.41) is 3.27. The molecule has 1 aliphatic heterocycles. The Balaban J connectivity index is 2.49. The van der Waals surface area contributed by atoms with Crippen LogP contribution < -0.4 is 10.0 Å². The lowest BCUT2D eigenvalue weighted by Gasteiger charge is -2.26.